The first kappa shape index (κ1) is 21.2. The number of nitrogens with zero attached hydrogens (tertiary/aromatic N) is 5. The Kier molecular flexibility index (Phi) is 5.14. The molecule has 3 aromatic rings. The Balaban J connectivity index is 1.43. The van der Waals surface area contributed by atoms with Gasteiger partial charge < -0.3 is 24.8 Å². The number of hydrogen-bond donors (Lipinski definition) is 3. The molecule has 3 aromatic heterocycles. The molecule has 1 aliphatic heterocycles. The smallest absolute Gasteiger partial charge is 0.168 e. The SMILES string of the molecule is CC(C)(C)c1cc([C@H]2O[C@@H](n3cnc4c(N[C@H]5CCC[C@@H]5F)ncnc43)[C@H](O)[C@@H]2O)on1. The maximum Gasteiger partial charge on any atom is 0.168 e. The lowest BCUT2D eigenvalue weighted by Gasteiger charge is -2.17. The molecule has 5 rings (SSSR count). The van der Waals surface area contributed by atoms with Crippen molar-refractivity contribution in [2.24, 2.45) is 0 Å². The molecule has 32 heavy (non-hydrogen) atoms. The van der Waals surface area contributed by atoms with Gasteiger partial charge in [-0.1, -0.05) is 25.9 Å². The lowest BCUT2D eigenvalue weighted by molar-refractivity contribution is -0.0434. The second-order valence-electron chi connectivity index (χ2n) is 9.54. The van der Waals surface area contributed by atoms with Crippen LogP contribution in [0.2, 0.25) is 0 Å². The first-order valence-corrected chi connectivity index (χ1v) is 10.8. The minimum atomic E-state index is -1.25. The molecule has 0 aromatic carbocycles. The fraction of sp³-hybridized carbons (Fsp3) is 0.619. The summed E-state index contributed by atoms with van der Waals surface area (Å²) in [5.41, 5.74) is 1.33. The molecule has 10 nitrogen and oxygen atoms in total. The number of rotatable bonds is 4. The second kappa shape index (κ2) is 7.75. The van der Waals surface area contributed by atoms with Crippen molar-refractivity contribution in [3.8, 4) is 0 Å². The van der Waals surface area contributed by atoms with E-state index in [0.29, 0.717) is 29.2 Å². The summed E-state index contributed by atoms with van der Waals surface area (Å²) in [6, 6.07) is 1.41. The van der Waals surface area contributed by atoms with Crippen LogP contribution in [0.25, 0.3) is 11.2 Å². The van der Waals surface area contributed by atoms with Crippen molar-refractivity contribution in [1.29, 1.82) is 0 Å². The van der Waals surface area contributed by atoms with Gasteiger partial charge in [0.25, 0.3) is 0 Å². The number of hydrogen-bond acceptors (Lipinski definition) is 9. The number of aliphatic hydroxyl groups excluding tert-OH is 2. The van der Waals surface area contributed by atoms with E-state index >= 15 is 0 Å². The summed E-state index contributed by atoms with van der Waals surface area (Å²) < 4.78 is 27.0. The maximum atomic E-state index is 14.1. The number of anilines is 1. The van der Waals surface area contributed by atoms with Gasteiger partial charge in [0.15, 0.2) is 29.0 Å². The van der Waals surface area contributed by atoms with Gasteiger partial charge >= 0.3 is 0 Å². The Hall–Kier alpha value is -2.63. The van der Waals surface area contributed by atoms with Crippen molar-refractivity contribution in [3.63, 3.8) is 0 Å². The Morgan fingerprint density at radius 3 is 2.66 bits per heavy atom. The molecular weight excluding hydrogens is 419 g/mol. The average molecular weight is 446 g/mol. The van der Waals surface area contributed by atoms with Gasteiger partial charge in [-0.25, -0.2) is 19.3 Å². The van der Waals surface area contributed by atoms with Gasteiger partial charge in [0, 0.05) is 11.5 Å². The third-order valence-electron chi connectivity index (χ3n) is 6.20. The summed E-state index contributed by atoms with van der Waals surface area (Å²) in [4.78, 5) is 12.9. The van der Waals surface area contributed by atoms with Crippen LogP contribution in [0.5, 0.6) is 0 Å². The lowest BCUT2D eigenvalue weighted by atomic mass is 9.92. The van der Waals surface area contributed by atoms with Crippen LogP contribution in [-0.4, -0.2) is 59.3 Å². The first-order chi connectivity index (χ1) is 15.2. The average Bonchev–Trinajstić information content (AvgIpc) is 3.51. The highest BCUT2D eigenvalue weighted by Gasteiger charge is 2.47. The summed E-state index contributed by atoms with van der Waals surface area (Å²) in [6.07, 6.45) is -0.380. The van der Waals surface area contributed by atoms with Gasteiger partial charge in [0.1, 0.15) is 30.8 Å². The third-order valence-corrected chi connectivity index (χ3v) is 6.20. The Morgan fingerprint density at radius 2 is 1.97 bits per heavy atom. The molecule has 6 atom stereocenters. The monoisotopic (exact) mass is 446 g/mol. The molecule has 11 heteroatoms. The van der Waals surface area contributed by atoms with Crippen molar-refractivity contribution in [2.45, 2.75) is 82.2 Å². The van der Waals surface area contributed by atoms with Crippen molar-refractivity contribution < 1.29 is 23.9 Å². The van der Waals surface area contributed by atoms with Crippen molar-refractivity contribution in [2.75, 3.05) is 5.32 Å². The Labute approximate surface area is 183 Å². The summed E-state index contributed by atoms with van der Waals surface area (Å²) in [5, 5.41) is 28.6. The first-order valence-electron chi connectivity index (χ1n) is 10.8. The summed E-state index contributed by atoms with van der Waals surface area (Å²) >= 11 is 0. The second-order valence-corrected chi connectivity index (χ2v) is 9.54. The number of imidazole rings is 1. The van der Waals surface area contributed by atoms with E-state index in [-0.39, 0.29) is 11.5 Å². The standard InChI is InChI=1S/C21H27FN6O4/c1-21(2,3)13-7-12(32-27-13)17-15(29)16(30)20(31-17)28-9-25-14-18(23-8-24-19(14)28)26-11-6-4-5-10(11)22/h7-11,15-17,20,29-30H,4-6H2,1-3H3,(H,23,24,26)/t10-,11-,15-,16+,17+,20+/m0/s1. The van der Waals surface area contributed by atoms with Crippen LogP contribution in [0.15, 0.2) is 23.2 Å². The quantitative estimate of drug-likeness (QED) is 0.553. The summed E-state index contributed by atoms with van der Waals surface area (Å²) in [5.74, 6) is 0.763. The molecule has 1 aliphatic carbocycles. The molecular formula is C21H27FN6O4. The molecule has 2 fully saturated rings. The molecule has 1 saturated heterocycles. The zero-order valence-electron chi connectivity index (χ0n) is 18.1. The molecule has 2 aliphatic rings. The largest absolute Gasteiger partial charge is 0.387 e. The number of ether oxygens (including phenoxy) is 1. The number of halogens is 1. The molecule has 172 valence electrons. The fourth-order valence-electron chi connectivity index (χ4n) is 4.30. The van der Waals surface area contributed by atoms with Crippen LogP contribution in [0, 0.1) is 0 Å². The minimum Gasteiger partial charge on any atom is -0.387 e. The van der Waals surface area contributed by atoms with E-state index in [1.807, 2.05) is 20.8 Å². The van der Waals surface area contributed by atoms with Gasteiger partial charge in [0.05, 0.1) is 18.1 Å². The van der Waals surface area contributed by atoms with Crippen LogP contribution >= 0.6 is 0 Å². The topological polar surface area (TPSA) is 131 Å². The van der Waals surface area contributed by atoms with Crippen LogP contribution < -0.4 is 5.32 Å². The molecule has 0 bridgehead atoms. The number of aromatic nitrogens is 5. The summed E-state index contributed by atoms with van der Waals surface area (Å²) in [6.45, 7) is 5.99. The molecule has 0 spiro atoms. The molecule has 1 saturated carbocycles. The minimum absolute atomic E-state index is 0.234. The molecule has 0 radical (unpaired) electrons. The van der Waals surface area contributed by atoms with Crippen LogP contribution in [-0.2, 0) is 10.2 Å². The van der Waals surface area contributed by atoms with Gasteiger partial charge in [0.2, 0.25) is 0 Å². The number of aliphatic hydroxyl groups is 2. The van der Waals surface area contributed by atoms with E-state index in [9.17, 15) is 14.6 Å². The normalized spacial score (nSPS) is 30.9. The van der Waals surface area contributed by atoms with E-state index in [1.165, 1.54) is 12.7 Å². The number of nitrogens with one attached hydrogen (secondary N) is 1. The number of fused-ring (bicyclic) bond motifs is 1. The van der Waals surface area contributed by atoms with Gasteiger partial charge in [-0.3, -0.25) is 4.57 Å². The van der Waals surface area contributed by atoms with E-state index < -0.39 is 30.7 Å². The highest BCUT2D eigenvalue weighted by Crippen LogP contribution is 2.41. The molecule has 0 amide bonds. The summed E-state index contributed by atoms with van der Waals surface area (Å²) in [7, 11) is 0. The Bertz CT molecular complexity index is 1110. The Morgan fingerprint density at radius 1 is 1.16 bits per heavy atom. The van der Waals surface area contributed by atoms with Gasteiger partial charge in [-0.15, -0.1) is 0 Å². The zero-order chi connectivity index (χ0) is 22.6. The zero-order valence-corrected chi connectivity index (χ0v) is 18.1. The van der Waals surface area contributed by atoms with E-state index in [1.54, 1.807) is 10.6 Å². The van der Waals surface area contributed by atoms with Gasteiger partial charge in [-0.05, 0) is 19.3 Å². The molecule has 3 N–H and O–H groups in total. The van der Waals surface area contributed by atoms with Crippen LogP contribution in [0.1, 0.15) is 63.8 Å². The molecule has 4 heterocycles. The van der Waals surface area contributed by atoms with E-state index in [4.69, 9.17) is 9.26 Å². The van der Waals surface area contributed by atoms with Crippen molar-refractivity contribution in [3.05, 3.63) is 30.2 Å². The number of alkyl halides is 1. The predicted molar refractivity (Wildman–Crippen MR) is 112 cm³/mol. The highest BCUT2D eigenvalue weighted by atomic mass is 19.1. The lowest BCUT2D eigenvalue weighted by Crippen LogP contribution is -2.29. The van der Waals surface area contributed by atoms with E-state index in [0.717, 1.165) is 18.5 Å². The van der Waals surface area contributed by atoms with Gasteiger partial charge in [-0.2, -0.15) is 0 Å². The highest BCUT2D eigenvalue weighted by molar-refractivity contribution is 5.82. The maximum absolute atomic E-state index is 14.1. The third kappa shape index (κ3) is 3.54. The van der Waals surface area contributed by atoms with E-state index in [2.05, 4.69) is 25.4 Å². The van der Waals surface area contributed by atoms with Crippen molar-refractivity contribution >= 4 is 17.0 Å². The van der Waals surface area contributed by atoms with Crippen LogP contribution in [0.4, 0.5) is 10.2 Å². The predicted octanol–water partition coefficient (Wildman–Crippen LogP) is 2.41. The molecule has 0 unspecified atom stereocenters. The fourth-order valence-corrected chi connectivity index (χ4v) is 4.30. The van der Waals surface area contributed by atoms with Crippen molar-refractivity contribution in [1.82, 2.24) is 24.7 Å². The van der Waals surface area contributed by atoms with Crippen LogP contribution in [0.3, 0.4) is 0 Å².